The van der Waals surface area contributed by atoms with Crippen molar-refractivity contribution in [2.75, 3.05) is 25.4 Å². The van der Waals surface area contributed by atoms with Crippen molar-refractivity contribution in [3.05, 3.63) is 35.4 Å². The molecule has 0 atom stereocenters. The van der Waals surface area contributed by atoms with Crippen LogP contribution in [0.3, 0.4) is 0 Å². The molecule has 0 fully saturated rings. The molecule has 0 amide bonds. The minimum Gasteiger partial charge on any atom is -0.498 e. The lowest BCUT2D eigenvalue weighted by atomic mass is 10.2. The van der Waals surface area contributed by atoms with E-state index in [1.165, 1.54) is 0 Å². The van der Waals surface area contributed by atoms with Crippen molar-refractivity contribution in [2.24, 2.45) is 0 Å². The summed E-state index contributed by atoms with van der Waals surface area (Å²) in [6.45, 7) is 4.99. The molecule has 102 valence electrons. The monoisotopic (exact) mass is 262 g/mol. The summed E-state index contributed by atoms with van der Waals surface area (Å²) >= 11 is 0. The Bertz CT molecular complexity index is 478. The van der Waals surface area contributed by atoms with E-state index in [0.717, 1.165) is 0 Å². The maximum Gasteiger partial charge on any atom is 0.338 e. The topological polar surface area (TPSA) is 92.0 Å². The largest absolute Gasteiger partial charge is 0.498 e. The molecule has 1 aromatic carbocycles. The van der Waals surface area contributed by atoms with Gasteiger partial charge in [-0.1, -0.05) is 0 Å². The number of esters is 1. The molecule has 0 aromatic heterocycles. The van der Waals surface area contributed by atoms with Crippen LogP contribution >= 0.6 is 0 Å². The number of ether oxygens (including phenoxy) is 1. The van der Waals surface area contributed by atoms with Crippen molar-refractivity contribution in [2.45, 2.75) is 13.8 Å². The van der Waals surface area contributed by atoms with Gasteiger partial charge in [0.25, 0.3) is 0 Å². The number of nitrogen functional groups attached to an aromatic ring is 1. The van der Waals surface area contributed by atoms with Gasteiger partial charge in [0.1, 0.15) is 13.2 Å². The van der Waals surface area contributed by atoms with Crippen LogP contribution in [-0.4, -0.2) is 41.2 Å². The van der Waals surface area contributed by atoms with Crippen LogP contribution in [0.25, 0.3) is 5.53 Å². The van der Waals surface area contributed by atoms with Gasteiger partial charge in [-0.05, 0) is 31.2 Å². The highest BCUT2D eigenvalue weighted by Crippen LogP contribution is 2.06. The maximum absolute atomic E-state index is 11.7. The maximum atomic E-state index is 11.7. The van der Waals surface area contributed by atoms with E-state index in [9.17, 15) is 4.79 Å². The lowest BCUT2D eigenvalue weighted by molar-refractivity contribution is -0.0259. The minimum absolute atomic E-state index is 0.226. The van der Waals surface area contributed by atoms with Gasteiger partial charge in [0.2, 0.25) is 0 Å². The Balaban J connectivity index is 2.46. The highest BCUT2D eigenvalue weighted by Gasteiger charge is 2.14. The van der Waals surface area contributed by atoms with Crippen molar-refractivity contribution in [1.82, 2.24) is 4.90 Å². The van der Waals surface area contributed by atoms with E-state index in [4.69, 9.17) is 16.0 Å². The smallest absolute Gasteiger partial charge is 0.338 e. The average molecular weight is 262 g/mol. The number of likely N-dealkylation sites (N-methyl/N-ethyl adjacent to an activating group) is 1. The fourth-order valence-corrected chi connectivity index (χ4v) is 1.56. The second-order valence-electron chi connectivity index (χ2n) is 3.98. The van der Waals surface area contributed by atoms with Crippen LogP contribution in [0.2, 0.25) is 0 Å². The van der Waals surface area contributed by atoms with Gasteiger partial charge in [-0.2, -0.15) is 0 Å². The van der Waals surface area contributed by atoms with Crippen LogP contribution < -0.4 is 5.73 Å². The minimum atomic E-state index is -0.394. The van der Waals surface area contributed by atoms with E-state index in [1.54, 1.807) is 36.1 Å². The predicted octanol–water partition coefficient (Wildman–Crippen LogP) is 1.40. The van der Waals surface area contributed by atoms with Crippen molar-refractivity contribution < 1.29 is 14.3 Å². The Labute approximate surface area is 112 Å². The molecule has 0 aliphatic heterocycles. The third-order valence-electron chi connectivity index (χ3n) is 2.72. The van der Waals surface area contributed by atoms with Gasteiger partial charge in [0.15, 0.2) is 0 Å². The van der Waals surface area contributed by atoms with Crippen LogP contribution in [0.1, 0.15) is 24.2 Å². The number of anilines is 1. The summed E-state index contributed by atoms with van der Waals surface area (Å²) < 4.78 is 5.14. The molecular weight excluding hydrogens is 244 g/mol. The Morgan fingerprint density at radius 1 is 1.42 bits per heavy atom. The van der Waals surface area contributed by atoms with Gasteiger partial charge in [0.05, 0.1) is 19.0 Å². The van der Waals surface area contributed by atoms with Crippen LogP contribution in [0, 0.1) is 0 Å². The average Bonchev–Trinajstić information content (AvgIpc) is 2.43. The molecular formula is C13H18N4O2. The summed E-state index contributed by atoms with van der Waals surface area (Å²) in [6, 6.07) is 6.54. The second kappa shape index (κ2) is 7.18. The molecule has 1 rings (SSSR count). The molecule has 0 saturated carbocycles. The standard InChI is InChI=1S/C13H18N4O2/c1-3-17(10(2)16-15)8-9-19-13(18)11-4-6-12(14)7-5-11/h4-7H,3,8-9,14H2,1-2H3. The molecule has 6 heteroatoms. The molecule has 6 nitrogen and oxygen atoms in total. The molecule has 0 aliphatic carbocycles. The molecule has 1 aromatic rings. The lowest BCUT2D eigenvalue weighted by Gasteiger charge is -2.13. The molecule has 0 aliphatic rings. The normalized spacial score (nSPS) is 9.58. The summed E-state index contributed by atoms with van der Waals surface area (Å²) in [7, 11) is 0. The van der Waals surface area contributed by atoms with Crippen LogP contribution in [-0.2, 0) is 4.74 Å². The fourth-order valence-electron chi connectivity index (χ4n) is 1.56. The number of rotatable bonds is 5. The number of amidine groups is 1. The molecule has 0 spiro atoms. The highest BCUT2D eigenvalue weighted by atomic mass is 16.5. The summed E-state index contributed by atoms with van der Waals surface area (Å²) in [4.78, 5) is 16.6. The summed E-state index contributed by atoms with van der Waals surface area (Å²) in [6.07, 6.45) is 0. The van der Waals surface area contributed by atoms with E-state index in [1.807, 2.05) is 6.92 Å². The van der Waals surface area contributed by atoms with Crippen LogP contribution in [0.4, 0.5) is 5.69 Å². The fraction of sp³-hybridized carbons (Fsp3) is 0.385. The van der Waals surface area contributed by atoms with E-state index in [0.29, 0.717) is 30.2 Å². The Morgan fingerprint density at radius 2 is 2.05 bits per heavy atom. The first-order valence-corrected chi connectivity index (χ1v) is 6.04. The molecule has 0 heterocycles. The van der Waals surface area contributed by atoms with Gasteiger partial charge >= 0.3 is 11.8 Å². The lowest BCUT2D eigenvalue weighted by Crippen LogP contribution is -2.33. The molecule has 0 bridgehead atoms. The Kier molecular flexibility index (Phi) is 5.57. The van der Waals surface area contributed by atoms with E-state index in [-0.39, 0.29) is 6.61 Å². The van der Waals surface area contributed by atoms with Gasteiger partial charge in [0, 0.05) is 5.69 Å². The number of carbonyl (C=O) groups is 1. The molecule has 0 saturated heterocycles. The van der Waals surface area contributed by atoms with Crippen molar-refractivity contribution >= 4 is 17.5 Å². The van der Waals surface area contributed by atoms with Gasteiger partial charge < -0.3 is 20.8 Å². The van der Waals surface area contributed by atoms with Crippen molar-refractivity contribution in [1.29, 1.82) is 0 Å². The number of hydrogen-bond acceptors (Lipinski definition) is 3. The summed E-state index contributed by atoms with van der Waals surface area (Å²) in [5.74, 6) is 0.0978. The Hall–Kier alpha value is -2.33. The molecule has 2 N–H and O–H groups in total. The number of nitrogens with zero attached hydrogens (tertiary/aromatic N) is 3. The van der Waals surface area contributed by atoms with Crippen LogP contribution in [0.5, 0.6) is 0 Å². The Morgan fingerprint density at radius 3 is 2.58 bits per heavy atom. The number of nitrogens with two attached hydrogens (primary N) is 1. The highest BCUT2D eigenvalue weighted by molar-refractivity contribution is 5.89. The quantitative estimate of drug-likeness (QED) is 0.217. The number of hydrogen-bond donors (Lipinski definition) is 1. The van der Waals surface area contributed by atoms with Crippen molar-refractivity contribution in [3.63, 3.8) is 0 Å². The zero-order valence-electron chi connectivity index (χ0n) is 11.2. The van der Waals surface area contributed by atoms with Gasteiger partial charge in [-0.15, -0.1) is 0 Å². The first-order chi connectivity index (χ1) is 9.08. The number of carbonyl (C=O) groups excluding carboxylic acids is 1. The summed E-state index contributed by atoms with van der Waals surface area (Å²) in [5, 5.41) is 0. The zero-order valence-corrected chi connectivity index (χ0v) is 11.2. The van der Waals surface area contributed by atoms with Gasteiger partial charge in [-0.3, -0.25) is 0 Å². The second-order valence-corrected chi connectivity index (χ2v) is 3.98. The van der Waals surface area contributed by atoms with E-state index >= 15 is 0 Å². The molecule has 19 heavy (non-hydrogen) atoms. The van der Waals surface area contributed by atoms with Crippen molar-refractivity contribution in [3.8, 4) is 0 Å². The zero-order chi connectivity index (χ0) is 14.3. The van der Waals surface area contributed by atoms with E-state index < -0.39 is 5.97 Å². The first-order valence-electron chi connectivity index (χ1n) is 6.04. The third kappa shape index (κ3) is 4.44. The molecule has 0 unspecified atom stereocenters. The number of benzene rings is 1. The third-order valence-corrected chi connectivity index (χ3v) is 2.72. The summed E-state index contributed by atoms with van der Waals surface area (Å²) in [5.41, 5.74) is 15.3. The van der Waals surface area contributed by atoms with E-state index in [2.05, 4.69) is 4.79 Å². The SMILES string of the molecule is CCN(CCOC(=O)c1ccc(N)cc1)C(C)=[N+]=[N-]. The van der Waals surface area contributed by atoms with Crippen LogP contribution in [0.15, 0.2) is 24.3 Å². The predicted molar refractivity (Wildman–Crippen MR) is 72.7 cm³/mol. The first kappa shape index (κ1) is 14.7. The molecule has 0 radical (unpaired) electrons. The van der Waals surface area contributed by atoms with Gasteiger partial charge in [-0.25, -0.2) is 9.69 Å².